The van der Waals surface area contributed by atoms with Crippen molar-refractivity contribution in [3.05, 3.63) is 64.8 Å². The maximum atomic E-state index is 6.41. The predicted octanol–water partition coefficient (Wildman–Crippen LogP) is 4.84. The summed E-state index contributed by atoms with van der Waals surface area (Å²) in [5.41, 5.74) is 3.31. The van der Waals surface area contributed by atoms with Crippen molar-refractivity contribution in [3.63, 3.8) is 0 Å². The Morgan fingerprint density at radius 2 is 1.86 bits per heavy atom. The van der Waals surface area contributed by atoms with E-state index in [1.165, 1.54) is 5.16 Å². The summed E-state index contributed by atoms with van der Waals surface area (Å²) in [4.78, 5) is 0. The van der Waals surface area contributed by atoms with Crippen LogP contribution in [0, 0.1) is 0 Å². The van der Waals surface area contributed by atoms with Gasteiger partial charge in [-0.25, -0.2) is 4.57 Å². The molecule has 3 aromatic rings. The fourth-order valence-electron chi connectivity index (χ4n) is 2.76. The van der Waals surface area contributed by atoms with E-state index in [-0.39, 0.29) is 0 Å². The summed E-state index contributed by atoms with van der Waals surface area (Å²) in [6, 6.07) is 16.1. The number of rotatable bonds is 2. The van der Waals surface area contributed by atoms with Gasteiger partial charge in [0, 0.05) is 16.3 Å². The van der Waals surface area contributed by atoms with Crippen molar-refractivity contribution in [2.24, 2.45) is 0 Å². The summed E-state index contributed by atoms with van der Waals surface area (Å²) in [5.74, 6) is 1.08. The topological polar surface area (TPSA) is 8.81 Å². The molecule has 0 fully saturated rings. The van der Waals surface area contributed by atoms with E-state index in [2.05, 4.69) is 39.6 Å². The molecule has 0 saturated heterocycles. The fraction of sp³-hybridized carbons (Fsp3) is 0.118. The van der Waals surface area contributed by atoms with Gasteiger partial charge in [0.1, 0.15) is 18.4 Å². The van der Waals surface area contributed by atoms with E-state index >= 15 is 0 Å². The number of fused-ring (bicyclic) bond motifs is 1. The summed E-state index contributed by atoms with van der Waals surface area (Å²) >= 11 is 14.3. The van der Waals surface area contributed by atoms with Crippen LogP contribution in [0.15, 0.2) is 59.9 Å². The Bertz CT molecular complexity index is 843. The van der Waals surface area contributed by atoms with Crippen molar-refractivity contribution in [2.45, 2.75) is 11.7 Å². The largest absolute Gasteiger partial charge is 0.323 e. The van der Waals surface area contributed by atoms with E-state index in [1.807, 2.05) is 30.0 Å². The highest BCUT2D eigenvalue weighted by Crippen LogP contribution is 2.33. The summed E-state index contributed by atoms with van der Waals surface area (Å²) in [6.07, 6.45) is 2.16. The van der Waals surface area contributed by atoms with E-state index in [0.717, 1.165) is 29.2 Å². The Morgan fingerprint density at radius 1 is 1.05 bits per heavy atom. The van der Waals surface area contributed by atoms with Crippen molar-refractivity contribution < 1.29 is 4.57 Å². The third-order valence-corrected chi connectivity index (χ3v) is 5.38. The molecule has 0 aliphatic carbocycles. The van der Waals surface area contributed by atoms with Gasteiger partial charge < -0.3 is 0 Å². The SMILES string of the molecule is Clc1ccc(-c2cn(-c3ccccc3)c3[n+]2CCS3)c(Cl)c1. The lowest BCUT2D eigenvalue weighted by Crippen LogP contribution is -2.33. The van der Waals surface area contributed by atoms with Crippen LogP contribution < -0.4 is 4.57 Å². The monoisotopic (exact) mass is 347 g/mol. The van der Waals surface area contributed by atoms with Gasteiger partial charge in [0.2, 0.25) is 0 Å². The van der Waals surface area contributed by atoms with Gasteiger partial charge in [0.05, 0.1) is 5.02 Å². The van der Waals surface area contributed by atoms with Crippen LogP contribution >= 0.6 is 35.0 Å². The first-order valence-electron chi connectivity index (χ1n) is 7.03. The Labute approximate surface area is 143 Å². The van der Waals surface area contributed by atoms with Crippen molar-refractivity contribution in [2.75, 3.05) is 5.75 Å². The lowest BCUT2D eigenvalue weighted by atomic mass is 10.1. The Kier molecular flexibility index (Phi) is 3.65. The molecular weight excluding hydrogens is 335 g/mol. The Balaban J connectivity index is 1.92. The molecule has 22 heavy (non-hydrogen) atoms. The lowest BCUT2D eigenvalue weighted by Gasteiger charge is -2.01. The summed E-state index contributed by atoms with van der Waals surface area (Å²) in [6.45, 7) is 0.994. The molecule has 0 saturated carbocycles. The molecule has 1 aliphatic heterocycles. The smallest absolute Gasteiger partial charge is 0.216 e. The molecule has 0 atom stereocenters. The average molecular weight is 348 g/mol. The van der Waals surface area contributed by atoms with Crippen LogP contribution in [0.5, 0.6) is 0 Å². The number of para-hydroxylation sites is 1. The van der Waals surface area contributed by atoms with E-state index < -0.39 is 0 Å². The molecule has 110 valence electrons. The average Bonchev–Trinajstić information content (AvgIpc) is 3.11. The van der Waals surface area contributed by atoms with Crippen molar-refractivity contribution in [1.82, 2.24) is 4.57 Å². The number of nitrogens with zero attached hydrogens (tertiary/aromatic N) is 2. The first kappa shape index (κ1) is 14.2. The lowest BCUT2D eigenvalue weighted by molar-refractivity contribution is -0.713. The molecule has 0 bridgehead atoms. The molecule has 2 heterocycles. The number of thioether (sulfide) groups is 1. The number of halogens is 2. The molecule has 0 radical (unpaired) electrons. The van der Waals surface area contributed by atoms with E-state index in [4.69, 9.17) is 23.2 Å². The van der Waals surface area contributed by atoms with Crippen LogP contribution in [0.25, 0.3) is 16.9 Å². The molecule has 1 aromatic heterocycles. The molecule has 1 aliphatic rings. The second kappa shape index (κ2) is 5.65. The normalized spacial score (nSPS) is 13.4. The van der Waals surface area contributed by atoms with Crippen LogP contribution in [0.2, 0.25) is 10.0 Å². The minimum atomic E-state index is 0.660. The first-order chi connectivity index (χ1) is 10.7. The molecular formula is C17H13Cl2N2S+. The molecule has 0 unspecified atom stereocenters. The van der Waals surface area contributed by atoms with Crippen LogP contribution in [-0.2, 0) is 6.54 Å². The highest BCUT2D eigenvalue weighted by atomic mass is 35.5. The third-order valence-electron chi connectivity index (χ3n) is 3.77. The van der Waals surface area contributed by atoms with Gasteiger partial charge in [0.15, 0.2) is 5.69 Å². The highest BCUT2D eigenvalue weighted by molar-refractivity contribution is 7.99. The summed E-state index contributed by atoms with van der Waals surface area (Å²) in [7, 11) is 0. The van der Waals surface area contributed by atoms with Crippen molar-refractivity contribution in [1.29, 1.82) is 0 Å². The Morgan fingerprint density at radius 3 is 2.64 bits per heavy atom. The van der Waals surface area contributed by atoms with Gasteiger partial charge >= 0.3 is 5.16 Å². The second-order valence-electron chi connectivity index (χ2n) is 5.13. The maximum Gasteiger partial charge on any atom is 0.323 e. The maximum absolute atomic E-state index is 6.41. The molecule has 2 aromatic carbocycles. The van der Waals surface area contributed by atoms with Gasteiger partial charge in [-0.05, 0) is 42.1 Å². The number of hydrogen-bond donors (Lipinski definition) is 0. The van der Waals surface area contributed by atoms with Crippen LogP contribution in [-0.4, -0.2) is 10.3 Å². The first-order valence-corrected chi connectivity index (χ1v) is 8.77. The van der Waals surface area contributed by atoms with Crippen molar-refractivity contribution >= 4 is 35.0 Å². The van der Waals surface area contributed by atoms with Crippen LogP contribution in [0.4, 0.5) is 0 Å². The van der Waals surface area contributed by atoms with Crippen molar-refractivity contribution in [3.8, 4) is 16.9 Å². The fourth-order valence-corrected chi connectivity index (χ4v) is 4.36. The molecule has 0 amide bonds. The van der Waals surface area contributed by atoms with Gasteiger partial charge in [-0.15, -0.1) is 0 Å². The number of hydrogen-bond acceptors (Lipinski definition) is 1. The Hall–Kier alpha value is -1.42. The van der Waals surface area contributed by atoms with E-state index in [0.29, 0.717) is 10.0 Å². The van der Waals surface area contributed by atoms with Gasteiger partial charge in [-0.1, -0.05) is 41.4 Å². The molecule has 5 heteroatoms. The summed E-state index contributed by atoms with van der Waals surface area (Å²) < 4.78 is 4.56. The zero-order valence-corrected chi connectivity index (χ0v) is 14.0. The number of imidazole rings is 1. The van der Waals surface area contributed by atoms with Crippen LogP contribution in [0.3, 0.4) is 0 Å². The molecule has 4 rings (SSSR count). The van der Waals surface area contributed by atoms with Gasteiger partial charge in [-0.2, -0.15) is 4.57 Å². The zero-order valence-electron chi connectivity index (χ0n) is 11.7. The quantitative estimate of drug-likeness (QED) is 0.602. The minimum Gasteiger partial charge on any atom is -0.216 e. The molecule has 0 N–H and O–H groups in total. The van der Waals surface area contributed by atoms with E-state index in [9.17, 15) is 0 Å². The third kappa shape index (κ3) is 2.34. The minimum absolute atomic E-state index is 0.660. The predicted molar refractivity (Wildman–Crippen MR) is 92.1 cm³/mol. The molecule has 2 nitrogen and oxygen atoms in total. The van der Waals surface area contributed by atoms with Crippen LogP contribution in [0.1, 0.15) is 0 Å². The zero-order chi connectivity index (χ0) is 15.1. The highest BCUT2D eigenvalue weighted by Gasteiger charge is 2.31. The van der Waals surface area contributed by atoms with Gasteiger partial charge in [-0.3, -0.25) is 0 Å². The van der Waals surface area contributed by atoms with E-state index in [1.54, 1.807) is 6.07 Å². The number of aromatic nitrogens is 2. The number of benzene rings is 2. The summed E-state index contributed by atoms with van der Waals surface area (Å²) in [5, 5.41) is 2.59. The standard InChI is InChI=1S/C17H13Cl2N2S/c18-12-6-7-14(15(19)10-12)16-11-21(13-4-2-1-3-5-13)17-20(16)8-9-22-17/h1-7,10-11H,8-9H2/q+1. The molecule has 0 spiro atoms. The second-order valence-corrected chi connectivity index (χ2v) is 7.03. The van der Waals surface area contributed by atoms with Gasteiger partial charge in [0.25, 0.3) is 0 Å².